The molecule has 11 nitrogen and oxygen atoms in total. The summed E-state index contributed by atoms with van der Waals surface area (Å²) in [5.41, 5.74) is 3.85. The quantitative estimate of drug-likeness (QED) is 0.241. The molecule has 0 aliphatic heterocycles. The van der Waals surface area contributed by atoms with Crippen LogP contribution < -0.4 is 10.9 Å². The number of nitrogens with one attached hydrogen (secondary N) is 3. The van der Waals surface area contributed by atoms with Crippen LogP contribution in [-0.2, 0) is 4.79 Å². The second-order valence-corrected chi connectivity index (χ2v) is 9.01. The predicted octanol–water partition coefficient (Wildman–Crippen LogP) is 3.52. The first-order chi connectivity index (χ1) is 18.3. The van der Waals surface area contributed by atoms with Crippen LogP contribution in [0.3, 0.4) is 0 Å². The molecule has 1 amide bonds. The number of carbonyl (C=O) groups excluding carboxylic acids is 2. The molecule has 0 atom stereocenters. The minimum absolute atomic E-state index is 0.0666. The van der Waals surface area contributed by atoms with Gasteiger partial charge >= 0.3 is 0 Å². The van der Waals surface area contributed by atoms with E-state index in [9.17, 15) is 14.4 Å². The van der Waals surface area contributed by atoms with Crippen molar-refractivity contribution in [1.82, 2.24) is 34.5 Å². The standard InChI is InChI=1S/C27H22N8O3/c1-14-8-4-7-11-20(14)34-24-18(13-28-34)25(37)32-27(31-24)35-21(12-15(2)33-35)30-26(38)23(36)22-16(3)29-19-10-6-5-9-17(19)22/h4-13,29H,1-3H3,(H,30,38)(H,31,32,37). The number of ketones is 1. The highest BCUT2D eigenvalue weighted by Gasteiger charge is 2.25. The number of nitrogens with zero attached hydrogens (tertiary/aromatic N) is 5. The summed E-state index contributed by atoms with van der Waals surface area (Å²) in [6, 6.07) is 16.5. The second-order valence-electron chi connectivity index (χ2n) is 9.01. The van der Waals surface area contributed by atoms with Gasteiger partial charge in [0, 0.05) is 22.7 Å². The van der Waals surface area contributed by atoms with Crippen LogP contribution in [0.5, 0.6) is 0 Å². The number of Topliss-reactive ketones (excluding diaryl/α,β-unsaturated/α-hetero) is 1. The van der Waals surface area contributed by atoms with Crippen LogP contribution in [-0.4, -0.2) is 46.2 Å². The van der Waals surface area contributed by atoms with Crippen molar-refractivity contribution in [2.24, 2.45) is 0 Å². The van der Waals surface area contributed by atoms with Crippen molar-refractivity contribution in [1.29, 1.82) is 0 Å². The first kappa shape index (κ1) is 23.1. The molecule has 6 aromatic rings. The minimum Gasteiger partial charge on any atom is -0.358 e. The van der Waals surface area contributed by atoms with E-state index in [1.54, 1.807) is 30.7 Å². The van der Waals surface area contributed by atoms with Crippen molar-refractivity contribution in [3.05, 3.63) is 93.7 Å². The number of carbonyl (C=O) groups is 2. The number of para-hydroxylation sites is 2. The molecule has 0 saturated carbocycles. The first-order valence-corrected chi connectivity index (χ1v) is 11.9. The molecule has 0 spiro atoms. The Kier molecular flexibility index (Phi) is 5.26. The molecule has 4 heterocycles. The fourth-order valence-corrected chi connectivity index (χ4v) is 4.59. The molecule has 6 rings (SSSR count). The van der Waals surface area contributed by atoms with Gasteiger partial charge in [-0.05, 0) is 38.5 Å². The smallest absolute Gasteiger partial charge is 0.298 e. The summed E-state index contributed by atoms with van der Waals surface area (Å²) < 4.78 is 2.87. The van der Waals surface area contributed by atoms with Crippen molar-refractivity contribution in [3.63, 3.8) is 0 Å². The van der Waals surface area contributed by atoms with Crippen molar-refractivity contribution in [2.75, 3.05) is 5.32 Å². The van der Waals surface area contributed by atoms with Crippen LogP contribution in [0.15, 0.2) is 65.6 Å². The third-order valence-electron chi connectivity index (χ3n) is 6.37. The molecular formula is C27H22N8O3. The number of benzene rings is 2. The number of fused-ring (bicyclic) bond motifs is 2. The number of aromatic amines is 2. The van der Waals surface area contributed by atoms with Crippen molar-refractivity contribution >= 4 is 39.4 Å². The average Bonchev–Trinajstić information content (AvgIpc) is 3.58. The zero-order valence-electron chi connectivity index (χ0n) is 20.7. The van der Waals surface area contributed by atoms with Gasteiger partial charge in [0.2, 0.25) is 5.95 Å². The summed E-state index contributed by atoms with van der Waals surface area (Å²) in [4.78, 5) is 49.7. The third kappa shape index (κ3) is 3.68. The van der Waals surface area contributed by atoms with Gasteiger partial charge in [0.05, 0.1) is 23.1 Å². The number of H-pyrrole nitrogens is 2. The number of aryl methyl sites for hydroxylation is 3. The van der Waals surface area contributed by atoms with Crippen molar-refractivity contribution in [3.8, 4) is 11.6 Å². The van der Waals surface area contributed by atoms with Crippen molar-refractivity contribution < 1.29 is 9.59 Å². The predicted molar refractivity (Wildman–Crippen MR) is 142 cm³/mol. The van der Waals surface area contributed by atoms with Gasteiger partial charge in [-0.1, -0.05) is 36.4 Å². The zero-order valence-corrected chi connectivity index (χ0v) is 20.7. The van der Waals surface area contributed by atoms with E-state index in [4.69, 9.17) is 0 Å². The average molecular weight is 507 g/mol. The Morgan fingerprint density at radius 1 is 0.921 bits per heavy atom. The summed E-state index contributed by atoms with van der Waals surface area (Å²) >= 11 is 0. The highest BCUT2D eigenvalue weighted by molar-refractivity contribution is 6.48. The highest BCUT2D eigenvalue weighted by Crippen LogP contribution is 2.24. The van der Waals surface area contributed by atoms with E-state index in [0.717, 1.165) is 16.8 Å². The van der Waals surface area contributed by atoms with E-state index < -0.39 is 17.2 Å². The Hall–Kier alpha value is -5.32. The molecule has 0 fully saturated rings. The lowest BCUT2D eigenvalue weighted by atomic mass is 10.1. The molecule has 188 valence electrons. The van der Waals surface area contributed by atoms with E-state index in [-0.39, 0.29) is 11.8 Å². The lowest BCUT2D eigenvalue weighted by Crippen LogP contribution is -2.25. The zero-order chi connectivity index (χ0) is 26.6. The molecule has 0 bridgehead atoms. The maximum Gasteiger partial charge on any atom is 0.298 e. The molecule has 0 aliphatic carbocycles. The molecule has 3 N–H and O–H groups in total. The largest absolute Gasteiger partial charge is 0.358 e. The molecule has 11 heteroatoms. The van der Waals surface area contributed by atoms with E-state index in [0.29, 0.717) is 33.4 Å². The van der Waals surface area contributed by atoms with Crippen molar-refractivity contribution in [2.45, 2.75) is 20.8 Å². The number of anilines is 1. The Bertz CT molecular complexity index is 1960. The van der Waals surface area contributed by atoms with Gasteiger partial charge in [0.15, 0.2) is 5.65 Å². The number of aromatic nitrogens is 7. The molecule has 4 aromatic heterocycles. The molecular weight excluding hydrogens is 484 g/mol. The van der Waals surface area contributed by atoms with Crippen LogP contribution in [0, 0.1) is 20.8 Å². The molecule has 38 heavy (non-hydrogen) atoms. The summed E-state index contributed by atoms with van der Waals surface area (Å²) in [7, 11) is 0. The number of rotatable bonds is 5. The Morgan fingerprint density at radius 2 is 1.68 bits per heavy atom. The van der Waals surface area contributed by atoms with E-state index in [1.165, 1.54) is 10.9 Å². The molecule has 0 saturated heterocycles. The van der Waals surface area contributed by atoms with Gasteiger partial charge in [0.25, 0.3) is 17.2 Å². The number of hydrogen-bond acceptors (Lipinski definition) is 6. The Morgan fingerprint density at radius 3 is 2.50 bits per heavy atom. The first-order valence-electron chi connectivity index (χ1n) is 11.9. The fourth-order valence-electron chi connectivity index (χ4n) is 4.59. The normalized spacial score (nSPS) is 11.3. The topological polar surface area (TPSA) is 143 Å². The van der Waals surface area contributed by atoms with Crippen LogP contribution >= 0.6 is 0 Å². The van der Waals surface area contributed by atoms with Gasteiger partial charge in [-0.15, -0.1) is 0 Å². The number of amides is 1. The molecule has 0 aliphatic rings. The summed E-state index contributed by atoms with van der Waals surface area (Å²) in [6.07, 6.45) is 1.45. The summed E-state index contributed by atoms with van der Waals surface area (Å²) in [5, 5.41) is 12.4. The van der Waals surface area contributed by atoms with Gasteiger partial charge in [0.1, 0.15) is 11.2 Å². The second kappa shape index (κ2) is 8.66. The maximum atomic E-state index is 13.2. The monoisotopic (exact) mass is 506 g/mol. The van der Waals surface area contributed by atoms with E-state index in [1.807, 2.05) is 49.4 Å². The van der Waals surface area contributed by atoms with Gasteiger partial charge < -0.3 is 10.3 Å². The van der Waals surface area contributed by atoms with Crippen LogP contribution in [0.1, 0.15) is 27.3 Å². The van der Waals surface area contributed by atoms with Gasteiger partial charge in [-0.3, -0.25) is 19.4 Å². The Balaban J connectivity index is 1.40. The maximum absolute atomic E-state index is 13.2. The summed E-state index contributed by atoms with van der Waals surface area (Å²) in [5.74, 6) is -1.29. The summed E-state index contributed by atoms with van der Waals surface area (Å²) in [6.45, 7) is 5.41. The highest BCUT2D eigenvalue weighted by atomic mass is 16.2. The lowest BCUT2D eigenvalue weighted by Gasteiger charge is -2.09. The van der Waals surface area contributed by atoms with Gasteiger partial charge in [-0.25, -0.2) is 4.68 Å². The Labute approximate surface area is 215 Å². The molecule has 2 aromatic carbocycles. The van der Waals surface area contributed by atoms with Crippen LogP contribution in [0.25, 0.3) is 33.6 Å². The number of hydrogen-bond donors (Lipinski definition) is 3. The SMILES string of the molecule is Cc1cc(NC(=O)C(=O)c2c(C)[nH]c3ccccc23)n(-c2nc3c(cnn3-c3ccccc3C)c(=O)[nH]2)n1. The van der Waals surface area contributed by atoms with Crippen LogP contribution in [0.4, 0.5) is 5.82 Å². The fraction of sp³-hybridized carbons (Fsp3) is 0.111. The van der Waals surface area contributed by atoms with Gasteiger partial charge in [-0.2, -0.15) is 19.9 Å². The third-order valence-corrected chi connectivity index (χ3v) is 6.37. The van der Waals surface area contributed by atoms with E-state index >= 15 is 0 Å². The molecule has 0 unspecified atom stereocenters. The van der Waals surface area contributed by atoms with Crippen LogP contribution in [0.2, 0.25) is 0 Å². The van der Waals surface area contributed by atoms with E-state index in [2.05, 4.69) is 30.5 Å². The lowest BCUT2D eigenvalue weighted by molar-refractivity contribution is -0.112. The minimum atomic E-state index is -0.840. The molecule has 0 radical (unpaired) electrons.